The Bertz CT molecular complexity index is 199. The molecule has 1 saturated carbocycles. The van der Waals surface area contributed by atoms with E-state index in [4.69, 9.17) is 4.74 Å². The SMILES string of the molecule is CC(C)CCC1CCCC1NC1CCOC1. The van der Waals surface area contributed by atoms with Crippen molar-refractivity contribution in [1.29, 1.82) is 0 Å². The lowest BCUT2D eigenvalue weighted by atomic mass is 9.93. The molecule has 1 aliphatic carbocycles. The van der Waals surface area contributed by atoms with Crippen molar-refractivity contribution in [2.24, 2.45) is 11.8 Å². The van der Waals surface area contributed by atoms with Crippen LogP contribution < -0.4 is 5.32 Å². The van der Waals surface area contributed by atoms with Gasteiger partial charge >= 0.3 is 0 Å². The van der Waals surface area contributed by atoms with Gasteiger partial charge in [-0.1, -0.05) is 26.7 Å². The standard InChI is InChI=1S/C14H27NO/c1-11(2)6-7-12-4-3-5-14(12)15-13-8-9-16-10-13/h11-15H,3-10H2,1-2H3. The van der Waals surface area contributed by atoms with E-state index in [2.05, 4.69) is 19.2 Å². The minimum atomic E-state index is 0.643. The Hall–Kier alpha value is -0.0800. The van der Waals surface area contributed by atoms with E-state index >= 15 is 0 Å². The quantitative estimate of drug-likeness (QED) is 0.776. The molecule has 2 rings (SSSR count). The minimum absolute atomic E-state index is 0.643. The third-order valence-corrected chi connectivity index (χ3v) is 4.15. The summed E-state index contributed by atoms with van der Waals surface area (Å²) in [5, 5.41) is 3.83. The number of hydrogen-bond acceptors (Lipinski definition) is 2. The summed E-state index contributed by atoms with van der Waals surface area (Å²) < 4.78 is 5.44. The van der Waals surface area contributed by atoms with Crippen LogP contribution in [0.5, 0.6) is 0 Å². The van der Waals surface area contributed by atoms with E-state index in [1.165, 1.54) is 38.5 Å². The zero-order chi connectivity index (χ0) is 11.4. The normalized spacial score (nSPS) is 35.1. The fraction of sp³-hybridized carbons (Fsp3) is 1.00. The van der Waals surface area contributed by atoms with Crippen molar-refractivity contribution in [3.8, 4) is 0 Å². The summed E-state index contributed by atoms with van der Waals surface area (Å²) in [4.78, 5) is 0. The van der Waals surface area contributed by atoms with Gasteiger partial charge in [-0.05, 0) is 37.5 Å². The highest BCUT2D eigenvalue weighted by atomic mass is 16.5. The van der Waals surface area contributed by atoms with Crippen LogP contribution in [0.15, 0.2) is 0 Å². The van der Waals surface area contributed by atoms with Gasteiger partial charge in [-0.15, -0.1) is 0 Å². The van der Waals surface area contributed by atoms with Crippen LogP contribution in [0.2, 0.25) is 0 Å². The summed E-state index contributed by atoms with van der Waals surface area (Å²) in [6, 6.07) is 1.43. The van der Waals surface area contributed by atoms with Crippen LogP contribution in [0.25, 0.3) is 0 Å². The Kier molecular flexibility index (Phi) is 4.66. The maximum Gasteiger partial charge on any atom is 0.0620 e. The predicted octanol–water partition coefficient (Wildman–Crippen LogP) is 2.97. The van der Waals surface area contributed by atoms with Crippen molar-refractivity contribution in [1.82, 2.24) is 5.32 Å². The highest BCUT2D eigenvalue weighted by Crippen LogP contribution is 2.31. The molecule has 0 amide bonds. The molecule has 0 aromatic heterocycles. The van der Waals surface area contributed by atoms with E-state index < -0.39 is 0 Å². The number of ether oxygens (including phenoxy) is 1. The largest absolute Gasteiger partial charge is 0.380 e. The molecular weight excluding hydrogens is 198 g/mol. The molecule has 1 N–H and O–H groups in total. The van der Waals surface area contributed by atoms with Gasteiger partial charge in [0.15, 0.2) is 0 Å². The Labute approximate surface area is 100 Å². The van der Waals surface area contributed by atoms with Gasteiger partial charge in [0, 0.05) is 18.7 Å². The Balaban J connectivity index is 1.73. The molecule has 0 bridgehead atoms. The first kappa shape index (κ1) is 12.4. The zero-order valence-corrected chi connectivity index (χ0v) is 10.9. The van der Waals surface area contributed by atoms with E-state index in [1.807, 2.05) is 0 Å². The molecule has 2 aliphatic rings. The topological polar surface area (TPSA) is 21.3 Å². The van der Waals surface area contributed by atoms with E-state index in [9.17, 15) is 0 Å². The second-order valence-electron chi connectivity index (χ2n) is 6.00. The summed E-state index contributed by atoms with van der Waals surface area (Å²) in [6.45, 7) is 6.57. The van der Waals surface area contributed by atoms with Crippen LogP contribution in [0, 0.1) is 11.8 Å². The van der Waals surface area contributed by atoms with Crippen molar-refractivity contribution in [2.45, 2.75) is 64.5 Å². The number of hydrogen-bond donors (Lipinski definition) is 1. The minimum Gasteiger partial charge on any atom is -0.380 e. The highest BCUT2D eigenvalue weighted by Gasteiger charge is 2.29. The molecule has 1 saturated heterocycles. The molecule has 0 spiro atoms. The molecule has 2 heteroatoms. The maximum atomic E-state index is 5.44. The van der Waals surface area contributed by atoms with Crippen LogP contribution in [0.4, 0.5) is 0 Å². The lowest BCUT2D eigenvalue weighted by molar-refractivity contribution is 0.185. The average molecular weight is 225 g/mol. The van der Waals surface area contributed by atoms with Gasteiger partial charge in [0.1, 0.15) is 0 Å². The molecule has 0 radical (unpaired) electrons. The van der Waals surface area contributed by atoms with Gasteiger partial charge in [0.05, 0.1) is 6.61 Å². The van der Waals surface area contributed by atoms with Gasteiger partial charge in [-0.3, -0.25) is 0 Å². The average Bonchev–Trinajstić information content (AvgIpc) is 2.87. The van der Waals surface area contributed by atoms with Crippen LogP contribution >= 0.6 is 0 Å². The van der Waals surface area contributed by atoms with Crippen LogP contribution in [0.1, 0.15) is 52.4 Å². The molecule has 1 heterocycles. The van der Waals surface area contributed by atoms with Crippen molar-refractivity contribution in [2.75, 3.05) is 13.2 Å². The summed E-state index contributed by atoms with van der Waals surface area (Å²) in [5.41, 5.74) is 0. The van der Waals surface area contributed by atoms with Crippen LogP contribution in [-0.2, 0) is 4.74 Å². The Morgan fingerprint density at radius 2 is 2.12 bits per heavy atom. The summed E-state index contributed by atoms with van der Waals surface area (Å²) in [7, 11) is 0. The number of nitrogens with one attached hydrogen (secondary N) is 1. The van der Waals surface area contributed by atoms with Crippen molar-refractivity contribution >= 4 is 0 Å². The van der Waals surface area contributed by atoms with Gasteiger partial charge in [-0.2, -0.15) is 0 Å². The Morgan fingerprint density at radius 3 is 2.81 bits per heavy atom. The number of rotatable bonds is 5. The summed E-state index contributed by atoms with van der Waals surface area (Å²) in [6.07, 6.45) is 8.28. The molecule has 2 nitrogen and oxygen atoms in total. The van der Waals surface area contributed by atoms with Gasteiger partial charge in [-0.25, -0.2) is 0 Å². The zero-order valence-electron chi connectivity index (χ0n) is 10.9. The first-order chi connectivity index (χ1) is 7.75. The van der Waals surface area contributed by atoms with Crippen LogP contribution in [0.3, 0.4) is 0 Å². The van der Waals surface area contributed by atoms with E-state index in [-0.39, 0.29) is 0 Å². The van der Waals surface area contributed by atoms with Crippen molar-refractivity contribution < 1.29 is 4.74 Å². The molecule has 94 valence electrons. The summed E-state index contributed by atoms with van der Waals surface area (Å²) >= 11 is 0. The fourth-order valence-electron chi connectivity index (χ4n) is 3.12. The molecular formula is C14H27NO. The van der Waals surface area contributed by atoms with Gasteiger partial charge in [0.25, 0.3) is 0 Å². The molecule has 16 heavy (non-hydrogen) atoms. The van der Waals surface area contributed by atoms with Crippen molar-refractivity contribution in [3.63, 3.8) is 0 Å². The first-order valence-corrected chi connectivity index (χ1v) is 7.09. The summed E-state index contributed by atoms with van der Waals surface area (Å²) in [5.74, 6) is 1.79. The monoisotopic (exact) mass is 225 g/mol. The molecule has 3 atom stereocenters. The molecule has 0 aromatic carbocycles. The highest BCUT2D eigenvalue weighted by molar-refractivity contribution is 4.87. The van der Waals surface area contributed by atoms with Gasteiger partial charge < -0.3 is 10.1 Å². The van der Waals surface area contributed by atoms with E-state index in [1.54, 1.807) is 0 Å². The second-order valence-corrected chi connectivity index (χ2v) is 6.00. The van der Waals surface area contributed by atoms with Crippen LogP contribution in [-0.4, -0.2) is 25.3 Å². The van der Waals surface area contributed by atoms with Gasteiger partial charge in [0.2, 0.25) is 0 Å². The predicted molar refractivity (Wildman–Crippen MR) is 67.6 cm³/mol. The van der Waals surface area contributed by atoms with E-state index in [0.717, 1.165) is 31.1 Å². The first-order valence-electron chi connectivity index (χ1n) is 7.09. The molecule has 3 unspecified atom stereocenters. The van der Waals surface area contributed by atoms with Crippen molar-refractivity contribution in [3.05, 3.63) is 0 Å². The molecule has 1 aliphatic heterocycles. The third kappa shape index (κ3) is 3.46. The Morgan fingerprint density at radius 1 is 1.25 bits per heavy atom. The second kappa shape index (κ2) is 6.02. The lowest BCUT2D eigenvalue weighted by Gasteiger charge is -2.24. The maximum absolute atomic E-state index is 5.44. The molecule has 0 aromatic rings. The third-order valence-electron chi connectivity index (χ3n) is 4.15. The fourth-order valence-corrected chi connectivity index (χ4v) is 3.12. The lowest BCUT2D eigenvalue weighted by Crippen LogP contribution is -2.40. The smallest absolute Gasteiger partial charge is 0.0620 e. The molecule has 2 fully saturated rings. The van der Waals surface area contributed by atoms with E-state index in [0.29, 0.717) is 6.04 Å².